The van der Waals surface area contributed by atoms with E-state index in [-0.39, 0.29) is 6.03 Å². The normalized spacial score (nSPS) is 19.7. The number of carbonyl (C=O) groups is 1. The number of likely N-dealkylation sites (tertiary alicyclic amines) is 1. The Bertz CT molecular complexity index is 474. The van der Waals surface area contributed by atoms with Gasteiger partial charge < -0.3 is 20.4 Å². The van der Waals surface area contributed by atoms with E-state index < -0.39 is 0 Å². The number of nitrogens with zero attached hydrogens (tertiary/aromatic N) is 3. The van der Waals surface area contributed by atoms with Crippen LogP contribution in [0.2, 0.25) is 0 Å². The van der Waals surface area contributed by atoms with E-state index in [0.717, 1.165) is 57.8 Å². The Kier molecular flexibility index (Phi) is 4.18. The van der Waals surface area contributed by atoms with Crippen molar-refractivity contribution in [3.8, 4) is 0 Å². The second-order valence-corrected chi connectivity index (χ2v) is 5.90. The van der Waals surface area contributed by atoms with Crippen LogP contribution in [0.3, 0.4) is 0 Å². The molecule has 2 N–H and O–H groups in total. The molecule has 0 bridgehead atoms. The summed E-state index contributed by atoms with van der Waals surface area (Å²) >= 11 is 0. The van der Waals surface area contributed by atoms with Gasteiger partial charge in [0, 0.05) is 50.6 Å². The zero-order chi connectivity index (χ0) is 14.7. The lowest BCUT2D eigenvalue weighted by Crippen LogP contribution is -2.53. The molecule has 2 aliphatic rings. The van der Waals surface area contributed by atoms with Crippen molar-refractivity contribution in [1.82, 2.24) is 9.80 Å². The number of amides is 2. The van der Waals surface area contributed by atoms with Gasteiger partial charge in [-0.15, -0.1) is 0 Å². The zero-order valence-electron chi connectivity index (χ0n) is 12.5. The Labute approximate surface area is 126 Å². The zero-order valence-corrected chi connectivity index (χ0v) is 12.5. The third kappa shape index (κ3) is 3.23. The highest BCUT2D eigenvalue weighted by molar-refractivity contribution is 5.75. The minimum atomic E-state index is 0.228. The molecular weight excluding hydrogens is 264 g/mol. The summed E-state index contributed by atoms with van der Waals surface area (Å²) in [4.78, 5) is 18.8. The van der Waals surface area contributed by atoms with Crippen LogP contribution in [-0.2, 0) is 0 Å². The number of carbonyl (C=O) groups excluding carboxylic acids is 1. The lowest BCUT2D eigenvalue weighted by molar-refractivity contribution is 0.141. The number of hydrogen-bond acceptors (Lipinski definition) is 3. The average Bonchev–Trinajstić information content (AvgIpc) is 2.56. The van der Waals surface area contributed by atoms with Gasteiger partial charge in [0.1, 0.15) is 0 Å². The standard InChI is InChI=1S/C16H24N4O/c17-14-4-6-15(7-5-14)18-10-12-20(13-11-18)16(21)19-8-2-1-3-9-19/h4-7H,1-3,8-13,17H2. The highest BCUT2D eigenvalue weighted by Gasteiger charge is 2.26. The number of benzene rings is 1. The number of piperidine rings is 1. The van der Waals surface area contributed by atoms with Gasteiger partial charge in [-0.3, -0.25) is 0 Å². The first-order valence-electron chi connectivity index (χ1n) is 7.88. The summed E-state index contributed by atoms with van der Waals surface area (Å²) in [7, 11) is 0. The van der Waals surface area contributed by atoms with Crippen molar-refractivity contribution in [2.24, 2.45) is 0 Å². The van der Waals surface area contributed by atoms with Gasteiger partial charge in [-0.25, -0.2) is 4.79 Å². The van der Waals surface area contributed by atoms with Crippen LogP contribution in [0.1, 0.15) is 19.3 Å². The van der Waals surface area contributed by atoms with Crippen molar-refractivity contribution in [1.29, 1.82) is 0 Å². The maximum absolute atomic E-state index is 12.5. The number of rotatable bonds is 1. The highest BCUT2D eigenvalue weighted by atomic mass is 16.2. The van der Waals surface area contributed by atoms with Crippen molar-refractivity contribution in [3.63, 3.8) is 0 Å². The van der Waals surface area contributed by atoms with E-state index in [0.29, 0.717) is 0 Å². The van der Waals surface area contributed by atoms with E-state index in [2.05, 4.69) is 17.0 Å². The van der Waals surface area contributed by atoms with Crippen molar-refractivity contribution in [3.05, 3.63) is 24.3 Å². The minimum Gasteiger partial charge on any atom is -0.399 e. The van der Waals surface area contributed by atoms with Gasteiger partial charge in [-0.05, 0) is 43.5 Å². The molecule has 0 atom stereocenters. The Morgan fingerprint density at radius 3 is 2.00 bits per heavy atom. The molecule has 0 aromatic heterocycles. The number of hydrogen-bond donors (Lipinski definition) is 1. The molecule has 2 heterocycles. The number of nitrogen functional groups attached to an aromatic ring is 1. The maximum Gasteiger partial charge on any atom is 0.320 e. The summed E-state index contributed by atoms with van der Waals surface area (Å²) in [6, 6.07) is 8.20. The van der Waals surface area contributed by atoms with Crippen LogP contribution in [0.15, 0.2) is 24.3 Å². The Morgan fingerprint density at radius 2 is 1.38 bits per heavy atom. The Morgan fingerprint density at radius 1 is 0.810 bits per heavy atom. The SMILES string of the molecule is Nc1ccc(N2CCN(C(=O)N3CCCCC3)CC2)cc1. The predicted octanol–water partition coefficient (Wildman–Crippen LogP) is 2.00. The number of urea groups is 1. The van der Waals surface area contributed by atoms with Crippen molar-refractivity contribution in [2.75, 3.05) is 49.9 Å². The lowest BCUT2D eigenvalue weighted by atomic mass is 10.1. The number of nitrogens with two attached hydrogens (primary N) is 1. The van der Waals surface area contributed by atoms with Crippen LogP contribution in [0.25, 0.3) is 0 Å². The Hall–Kier alpha value is -1.91. The fourth-order valence-electron chi connectivity index (χ4n) is 3.13. The molecule has 2 saturated heterocycles. The van der Waals surface area contributed by atoms with Crippen molar-refractivity contribution < 1.29 is 4.79 Å². The van der Waals surface area contributed by atoms with E-state index in [4.69, 9.17) is 5.73 Å². The molecule has 0 unspecified atom stereocenters. The fourth-order valence-corrected chi connectivity index (χ4v) is 3.13. The third-order valence-electron chi connectivity index (χ3n) is 4.44. The molecule has 1 aromatic rings. The molecule has 21 heavy (non-hydrogen) atoms. The predicted molar refractivity (Wildman–Crippen MR) is 85.5 cm³/mol. The summed E-state index contributed by atoms with van der Waals surface area (Å²) in [6.45, 7) is 5.25. The first-order valence-corrected chi connectivity index (χ1v) is 7.88. The van der Waals surface area contributed by atoms with Crippen molar-refractivity contribution in [2.45, 2.75) is 19.3 Å². The molecule has 114 valence electrons. The maximum atomic E-state index is 12.5. The van der Waals surface area contributed by atoms with Gasteiger partial charge in [0.15, 0.2) is 0 Å². The topological polar surface area (TPSA) is 52.8 Å². The highest BCUT2D eigenvalue weighted by Crippen LogP contribution is 2.19. The summed E-state index contributed by atoms with van der Waals surface area (Å²) in [5.74, 6) is 0. The minimum absolute atomic E-state index is 0.228. The second-order valence-electron chi connectivity index (χ2n) is 5.90. The number of anilines is 2. The second kappa shape index (κ2) is 6.24. The van der Waals surface area contributed by atoms with Crippen LogP contribution in [-0.4, -0.2) is 55.1 Å². The summed E-state index contributed by atoms with van der Waals surface area (Å²) in [5.41, 5.74) is 7.70. The summed E-state index contributed by atoms with van der Waals surface area (Å²) in [5, 5.41) is 0. The molecule has 0 aliphatic carbocycles. The van der Waals surface area contributed by atoms with Gasteiger partial charge in [0.25, 0.3) is 0 Å². The third-order valence-corrected chi connectivity index (χ3v) is 4.44. The monoisotopic (exact) mass is 288 g/mol. The van der Waals surface area contributed by atoms with E-state index in [1.807, 2.05) is 21.9 Å². The van der Waals surface area contributed by atoms with E-state index >= 15 is 0 Å². The van der Waals surface area contributed by atoms with Crippen LogP contribution < -0.4 is 10.6 Å². The Balaban J connectivity index is 1.54. The molecule has 2 aliphatic heterocycles. The molecule has 2 fully saturated rings. The van der Waals surface area contributed by atoms with Crippen molar-refractivity contribution >= 4 is 17.4 Å². The number of piperazine rings is 1. The first kappa shape index (κ1) is 14.0. The van der Waals surface area contributed by atoms with Gasteiger partial charge in [-0.1, -0.05) is 0 Å². The molecule has 5 heteroatoms. The molecule has 0 spiro atoms. The molecule has 1 aromatic carbocycles. The van der Waals surface area contributed by atoms with Crippen LogP contribution in [0, 0.1) is 0 Å². The van der Waals surface area contributed by atoms with Gasteiger partial charge in [-0.2, -0.15) is 0 Å². The molecular formula is C16H24N4O. The fraction of sp³-hybridized carbons (Fsp3) is 0.562. The quantitative estimate of drug-likeness (QED) is 0.804. The summed E-state index contributed by atoms with van der Waals surface area (Å²) < 4.78 is 0. The smallest absolute Gasteiger partial charge is 0.320 e. The molecule has 3 rings (SSSR count). The lowest BCUT2D eigenvalue weighted by Gasteiger charge is -2.39. The molecule has 0 saturated carbocycles. The first-order chi connectivity index (χ1) is 10.2. The van der Waals surface area contributed by atoms with Gasteiger partial charge >= 0.3 is 6.03 Å². The summed E-state index contributed by atoms with van der Waals surface area (Å²) in [6.07, 6.45) is 3.56. The van der Waals surface area contributed by atoms with Crippen LogP contribution >= 0.6 is 0 Å². The van der Waals surface area contributed by atoms with E-state index in [9.17, 15) is 4.79 Å². The average molecular weight is 288 g/mol. The van der Waals surface area contributed by atoms with Gasteiger partial charge in [0.05, 0.1) is 0 Å². The van der Waals surface area contributed by atoms with Crippen LogP contribution in [0.4, 0.5) is 16.2 Å². The van der Waals surface area contributed by atoms with Gasteiger partial charge in [0.2, 0.25) is 0 Å². The molecule has 5 nitrogen and oxygen atoms in total. The molecule has 0 radical (unpaired) electrons. The molecule has 2 amide bonds. The largest absolute Gasteiger partial charge is 0.399 e. The van der Waals surface area contributed by atoms with E-state index in [1.165, 1.54) is 12.1 Å². The van der Waals surface area contributed by atoms with E-state index in [1.54, 1.807) is 0 Å². The van der Waals surface area contributed by atoms with Crippen LogP contribution in [0.5, 0.6) is 0 Å².